The molecule has 1 aliphatic heterocycles. The van der Waals surface area contributed by atoms with Gasteiger partial charge in [-0.2, -0.15) is 0 Å². The third-order valence-electron chi connectivity index (χ3n) is 7.18. The molecule has 0 bridgehead atoms. The van der Waals surface area contributed by atoms with Gasteiger partial charge in [-0.25, -0.2) is 22.3 Å². The zero-order chi connectivity index (χ0) is 26.8. The predicted molar refractivity (Wildman–Crippen MR) is 137 cm³/mol. The van der Waals surface area contributed by atoms with Gasteiger partial charge >= 0.3 is 0 Å². The van der Waals surface area contributed by atoms with Crippen molar-refractivity contribution in [3.8, 4) is 5.75 Å². The molecule has 4 rings (SSSR count). The van der Waals surface area contributed by atoms with Crippen molar-refractivity contribution in [2.75, 3.05) is 19.7 Å². The second-order valence-corrected chi connectivity index (χ2v) is 11.9. The molecule has 1 saturated carbocycles. The van der Waals surface area contributed by atoms with Crippen molar-refractivity contribution >= 4 is 27.5 Å². The molecule has 202 valence electrons. The Labute approximate surface area is 221 Å². The van der Waals surface area contributed by atoms with Crippen LogP contribution in [0, 0.1) is 5.92 Å². The topological polar surface area (TPSA) is 116 Å². The van der Waals surface area contributed by atoms with Crippen LogP contribution in [-0.2, 0) is 20.7 Å². The van der Waals surface area contributed by atoms with Gasteiger partial charge < -0.3 is 15.4 Å². The molecule has 37 heavy (non-hydrogen) atoms. The lowest BCUT2D eigenvalue weighted by atomic mass is 9.86. The van der Waals surface area contributed by atoms with Crippen molar-refractivity contribution in [2.24, 2.45) is 16.8 Å². The summed E-state index contributed by atoms with van der Waals surface area (Å²) in [6, 6.07) is 8.22. The molecule has 1 heterocycles. The quantitative estimate of drug-likeness (QED) is 0.501. The summed E-state index contributed by atoms with van der Waals surface area (Å²) in [5.74, 6) is -6.37. The minimum absolute atomic E-state index is 0.0919. The first kappa shape index (κ1) is 27.8. The van der Waals surface area contributed by atoms with Gasteiger partial charge in [-0.15, -0.1) is 0 Å². The molecule has 2 fully saturated rings. The van der Waals surface area contributed by atoms with Gasteiger partial charge in [0.05, 0.1) is 11.5 Å². The molecule has 1 aliphatic carbocycles. The van der Waals surface area contributed by atoms with Crippen molar-refractivity contribution < 1.29 is 26.7 Å². The summed E-state index contributed by atoms with van der Waals surface area (Å²) in [5.41, 5.74) is 5.05. The van der Waals surface area contributed by atoms with Gasteiger partial charge in [0.15, 0.2) is 0 Å². The largest absolute Gasteiger partial charge is 0.493 e. The average Bonchev–Trinajstić information content (AvgIpc) is 3.29. The van der Waals surface area contributed by atoms with Crippen molar-refractivity contribution in [3.63, 3.8) is 0 Å². The number of rotatable bonds is 8. The first-order valence-corrected chi connectivity index (χ1v) is 14.4. The number of likely N-dealkylation sites (tertiary alicyclic amines) is 1. The number of ether oxygens (including phenoxy) is 1. The molecule has 1 saturated heterocycles. The molecule has 11 heteroatoms. The normalized spacial score (nSPS) is 20.1. The highest BCUT2D eigenvalue weighted by atomic mass is 35.5. The fraction of sp³-hybridized carbons (Fsp3) is 0.500. The lowest BCUT2D eigenvalue weighted by molar-refractivity contribution is -0.143. The molecule has 2 aromatic carbocycles. The number of amides is 1. The number of carbonyl (C=O) groups excluding carboxylic acids is 1. The third kappa shape index (κ3) is 6.42. The highest BCUT2D eigenvalue weighted by molar-refractivity contribution is 7.89. The van der Waals surface area contributed by atoms with E-state index in [1.165, 1.54) is 35.6 Å². The van der Waals surface area contributed by atoms with Crippen molar-refractivity contribution in [1.29, 1.82) is 0 Å². The fourth-order valence-electron chi connectivity index (χ4n) is 5.16. The summed E-state index contributed by atoms with van der Waals surface area (Å²) in [7, 11) is -4.45. The highest BCUT2D eigenvalue weighted by Gasteiger charge is 2.50. The van der Waals surface area contributed by atoms with Crippen LogP contribution in [0.2, 0.25) is 5.02 Å². The molecule has 2 aromatic rings. The van der Waals surface area contributed by atoms with Crippen LogP contribution in [0.5, 0.6) is 5.75 Å². The number of hydrogen-bond donors (Lipinski definition) is 2. The molecule has 0 aromatic heterocycles. The number of halogens is 3. The molecule has 0 spiro atoms. The van der Waals surface area contributed by atoms with E-state index in [1.807, 2.05) is 0 Å². The van der Waals surface area contributed by atoms with E-state index in [9.17, 15) is 13.2 Å². The summed E-state index contributed by atoms with van der Waals surface area (Å²) in [4.78, 5) is 14.4. The van der Waals surface area contributed by atoms with Crippen molar-refractivity contribution in [3.05, 3.63) is 58.6 Å². The first-order chi connectivity index (χ1) is 17.5. The van der Waals surface area contributed by atoms with Crippen LogP contribution in [0.15, 0.2) is 47.4 Å². The van der Waals surface area contributed by atoms with E-state index >= 15 is 8.78 Å². The summed E-state index contributed by atoms with van der Waals surface area (Å²) in [5, 5.41) is 5.68. The molecule has 0 unspecified atom stereocenters. The van der Waals surface area contributed by atoms with E-state index in [-0.39, 0.29) is 29.9 Å². The van der Waals surface area contributed by atoms with E-state index in [1.54, 1.807) is 0 Å². The molecule has 2 atom stereocenters. The molecular formula is C26H32ClF2N3O4S. The second kappa shape index (κ2) is 11.2. The molecular weight excluding hydrogens is 524 g/mol. The Morgan fingerprint density at radius 2 is 1.78 bits per heavy atom. The van der Waals surface area contributed by atoms with Crippen molar-refractivity contribution in [2.45, 2.75) is 61.3 Å². The van der Waals surface area contributed by atoms with Crippen LogP contribution in [0.4, 0.5) is 8.78 Å². The van der Waals surface area contributed by atoms with E-state index in [2.05, 4.69) is 0 Å². The van der Waals surface area contributed by atoms with Gasteiger partial charge in [0, 0.05) is 29.7 Å². The Balaban J connectivity index is 1.79. The molecule has 0 radical (unpaired) electrons. The highest BCUT2D eigenvalue weighted by Crippen LogP contribution is 2.46. The first-order valence-electron chi connectivity index (χ1n) is 12.4. The summed E-state index contributed by atoms with van der Waals surface area (Å²) < 4.78 is 63.4. The van der Waals surface area contributed by atoms with Crippen LogP contribution in [0.1, 0.15) is 55.6 Å². The van der Waals surface area contributed by atoms with Crippen LogP contribution in [0.25, 0.3) is 0 Å². The van der Waals surface area contributed by atoms with E-state index in [4.69, 9.17) is 27.2 Å². The lowest BCUT2D eigenvalue weighted by Gasteiger charge is -2.31. The van der Waals surface area contributed by atoms with Gasteiger partial charge in [-0.05, 0) is 61.1 Å². The van der Waals surface area contributed by atoms with Gasteiger partial charge in [0.2, 0.25) is 15.9 Å². The number of primary sulfonamides is 1. The summed E-state index contributed by atoms with van der Waals surface area (Å²) >= 11 is 5.90. The Kier molecular flexibility index (Phi) is 8.42. The predicted octanol–water partition coefficient (Wildman–Crippen LogP) is 4.38. The van der Waals surface area contributed by atoms with Crippen LogP contribution in [0.3, 0.4) is 0 Å². The van der Waals surface area contributed by atoms with Gasteiger partial charge in [0.1, 0.15) is 11.7 Å². The number of alkyl halides is 2. The van der Waals surface area contributed by atoms with Gasteiger partial charge in [-0.3, -0.25) is 4.79 Å². The number of benzene rings is 2. The average molecular weight is 556 g/mol. The maximum absolute atomic E-state index is 16.2. The SMILES string of the molecule is N[C@H]1CCN(C(=O)[C@@H](c2cc(OCC3CCCCC3)ccc2S(N)(=O)=O)C(F)(F)c2ccc(Cl)cc2)C1. The number of nitrogens with zero attached hydrogens (tertiary/aromatic N) is 1. The number of hydrogen-bond acceptors (Lipinski definition) is 5. The molecule has 4 N–H and O–H groups in total. The zero-order valence-electron chi connectivity index (χ0n) is 20.4. The molecule has 2 aliphatic rings. The van der Waals surface area contributed by atoms with Crippen LogP contribution >= 0.6 is 11.6 Å². The van der Waals surface area contributed by atoms with Gasteiger partial charge in [-0.1, -0.05) is 43.0 Å². The molecule has 1 amide bonds. The minimum atomic E-state index is -4.45. The number of sulfonamides is 1. The fourth-order valence-corrected chi connectivity index (χ4v) is 6.05. The Hall–Kier alpha value is -2.27. The van der Waals surface area contributed by atoms with E-state index < -0.39 is 43.8 Å². The standard InChI is InChI=1S/C26H32ClF2N3O4S/c27-19-8-6-18(7-9-19)26(28,29)24(25(33)32-13-12-20(30)15-32)22-14-21(10-11-23(22)37(31,34)35)36-16-17-4-2-1-3-5-17/h6-11,14,17,20,24H,1-5,12-13,15-16,30H2,(H2,31,34,35)/t20-,24+/m0/s1. The Morgan fingerprint density at radius 1 is 1.11 bits per heavy atom. The monoisotopic (exact) mass is 555 g/mol. The van der Waals surface area contributed by atoms with Crippen molar-refractivity contribution in [1.82, 2.24) is 4.90 Å². The number of carbonyl (C=O) groups is 1. The molecule has 7 nitrogen and oxygen atoms in total. The van der Waals surface area contributed by atoms with Crippen LogP contribution in [-0.4, -0.2) is 45.0 Å². The summed E-state index contributed by atoms with van der Waals surface area (Å²) in [6.45, 7) is 0.658. The maximum atomic E-state index is 16.2. The van der Waals surface area contributed by atoms with E-state index in [0.717, 1.165) is 43.9 Å². The third-order valence-corrected chi connectivity index (χ3v) is 8.42. The minimum Gasteiger partial charge on any atom is -0.493 e. The van der Waals surface area contributed by atoms with Gasteiger partial charge in [0.25, 0.3) is 5.92 Å². The van der Waals surface area contributed by atoms with E-state index in [0.29, 0.717) is 18.9 Å². The smallest absolute Gasteiger partial charge is 0.288 e. The maximum Gasteiger partial charge on any atom is 0.288 e. The Morgan fingerprint density at radius 3 is 2.38 bits per heavy atom. The summed E-state index contributed by atoms with van der Waals surface area (Å²) in [6.07, 6.45) is 5.85. The Bertz CT molecular complexity index is 1220. The number of nitrogens with two attached hydrogens (primary N) is 2. The van der Waals surface area contributed by atoms with Crippen LogP contribution < -0.4 is 15.6 Å². The lowest BCUT2D eigenvalue weighted by Crippen LogP contribution is -2.42. The second-order valence-electron chi connectivity index (χ2n) is 9.96. The zero-order valence-corrected chi connectivity index (χ0v) is 22.0.